The number of carbonyl (C=O) groups excluding carboxylic acids is 2. The number of nitrogens with one attached hydrogen (secondary N) is 1. The maximum Gasteiger partial charge on any atom is 0.238 e. The lowest BCUT2D eigenvalue weighted by atomic mass is 9.93. The third kappa shape index (κ3) is 6.89. The van der Waals surface area contributed by atoms with Crippen LogP contribution < -0.4 is 11.1 Å². The Morgan fingerprint density at radius 3 is 2.57 bits per heavy atom. The van der Waals surface area contributed by atoms with Crippen LogP contribution in [0.3, 0.4) is 0 Å². The molecule has 0 saturated carbocycles. The average Bonchev–Trinajstić information content (AvgIpc) is 2.69. The largest absolute Gasteiger partial charge is 0.379 e. The summed E-state index contributed by atoms with van der Waals surface area (Å²) in [6, 6.07) is 8.09. The molecule has 2 amide bonds. The van der Waals surface area contributed by atoms with Crippen molar-refractivity contribution in [2.45, 2.75) is 32.2 Å². The summed E-state index contributed by atoms with van der Waals surface area (Å²) in [5.74, 6) is 0.219. The van der Waals surface area contributed by atoms with E-state index in [4.69, 9.17) is 10.5 Å². The Labute approximate surface area is 167 Å². The van der Waals surface area contributed by atoms with E-state index in [2.05, 4.69) is 27.2 Å². The molecule has 7 nitrogen and oxygen atoms in total. The van der Waals surface area contributed by atoms with Gasteiger partial charge < -0.3 is 15.8 Å². The fraction of sp³-hybridized carbons (Fsp3) is 0.619. The third-order valence-electron chi connectivity index (χ3n) is 5.52. The van der Waals surface area contributed by atoms with Gasteiger partial charge in [-0.05, 0) is 49.4 Å². The van der Waals surface area contributed by atoms with Crippen LogP contribution in [0, 0.1) is 5.92 Å². The zero-order valence-corrected chi connectivity index (χ0v) is 16.6. The maximum atomic E-state index is 12.4. The van der Waals surface area contributed by atoms with Gasteiger partial charge in [-0.3, -0.25) is 19.4 Å². The highest BCUT2D eigenvalue weighted by molar-refractivity contribution is 5.92. The van der Waals surface area contributed by atoms with E-state index in [1.165, 1.54) is 5.56 Å². The number of rotatable bonds is 8. The molecule has 3 rings (SSSR count). The number of hydrogen-bond acceptors (Lipinski definition) is 5. The molecule has 0 aliphatic carbocycles. The summed E-state index contributed by atoms with van der Waals surface area (Å²) in [6.07, 6.45) is 3.42. The first kappa shape index (κ1) is 20.8. The number of primary amides is 1. The number of likely N-dealkylation sites (tertiary alicyclic amines) is 1. The van der Waals surface area contributed by atoms with Crippen LogP contribution in [-0.2, 0) is 20.9 Å². The molecule has 28 heavy (non-hydrogen) atoms. The summed E-state index contributed by atoms with van der Waals surface area (Å²) in [4.78, 5) is 27.9. The molecular formula is C21H32N4O3. The minimum absolute atomic E-state index is 0.0106. The van der Waals surface area contributed by atoms with Gasteiger partial charge in [0.25, 0.3) is 0 Å². The second kappa shape index (κ2) is 10.5. The number of carbonyl (C=O) groups is 2. The first-order valence-electron chi connectivity index (χ1n) is 10.3. The van der Waals surface area contributed by atoms with Crippen LogP contribution in [0.4, 0.5) is 5.69 Å². The monoisotopic (exact) mass is 388 g/mol. The molecule has 1 atom stereocenters. The molecule has 2 saturated heterocycles. The van der Waals surface area contributed by atoms with Crippen LogP contribution in [0.1, 0.15) is 31.2 Å². The minimum atomic E-state index is -0.244. The van der Waals surface area contributed by atoms with Gasteiger partial charge in [-0.1, -0.05) is 12.1 Å². The van der Waals surface area contributed by atoms with Crippen LogP contribution >= 0.6 is 0 Å². The van der Waals surface area contributed by atoms with Crippen LogP contribution in [0.25, 0.3) is 0 Å². The number of nitrogens with zero attached hydrogens (tertiary/aromatic N) is 2. The van der Waals surface area contributed by atoms with E-state index in [-0.39, 0.29) is 11.8 Å². The number of ether oxygens (including phenoxy) is 1. The number of benzene rings is 1. The summed E-state index contributed by atoms with van der Waals surface area (Å²) >= 11 is 0. The number of nitrogens with two attached hydrogens (primary N) is 1. The molecule has 7 heteroatoms. The lowest BCUT2D eigenvalue weighted by Crippen LogP contribution is -2.40. The van der Waals surface area contributed by atoms with Crippen molar-refractivity contribution in [3.05, 3.63) is 29.8 Å². The fourth-order valence-corrected chi connectivity index (χ4v) is 3.99. The zero-order valence-electron chi connectivity index (χ0n) is 16.6. The molecule has 2 fully saturated rings. The molecule has 0 spiro atoms. The van der Waals surface area contributed by atoms with Gasteiger partial charge in [-0.25, -0.2) is 0 Å². The van der Waals surface area contributed by atoms with E-state index in [9.17, 15) is 9.59 Å². The molecule has 2 aliphatic rings. The highest BCUT2D eigenvalue weighted by atomic mass is 16.5. The van der Waals surface area contributed by atoms with Crippen molar-refractivity contribution in [3.63, 3.8) is 0 Å². The molecule has 1 unspecified atom stereocenters. The molecule has 0 radical (unpaired) electrons. The number of hydrogen-bond donors (Lipinski definition) is 2. The maximum absolute atomic E-state index is 12.4. The number of piperidine rings is 1. The quantitative estimate of drug-likeness (QED) is 0.704. The first-order chi connectivity index (χ1) is 13.6. The van der Waals surface area contributed by atoms with Crippen LogP contribution in [-0.4, -0.2) is 67.6 Å². The Morgan fingerprint density at radius 1 is 1.11 bits per heavy atom. The van der Waals surface area contributed by atoms with E-state index in [1.54, 1.807) is 0 Å². The molecular weight excluding hydrogens is 356 g/mol. The lowest BCUT2D eigenvalue weighted by Gasteiger charge is -2.32. The molecule has 0 aromatic heterocycles. The molecule has 0 bridgehead atoms. The van der Waals surface area contributed by atoms with Crippen molar-refractivity contribution in [1.82, 2.24) is 9.80 Å². The number of amides is 2. The van der Waals surface area contributed by atoms with Gasteiger partial charge in [0.05, 0.1) is 19.8 Å². The van der Waals surface area contributed by atoms with Crippen molar-refractivity contribution < 1.29 is 14.3 Å². The molecule has 3 N–H and O–H groups in total. The van der Waals surface area contributed by atoms with Crippen molar-refractivity contribution in [1.29, 1.82) is 0 Å². The van der Waals surface area contributed by atoms with Crippen molar-refractivity contribution >= 4 is 17.5 Å². The van der Waals surface area contributed by atoms with Crippen LogP contribution in [0.2, 0.25) is 0 Å². The summed E-state index contributed by atoms with van der Waals surface area (Å²) in [5, 5.41) is 3.00. The lowest BCUT2D eigenvalue weighted by molar-refractivity contribution is -0.119. The van der Waals surface area contributed by atoms with E-state index in [1.807, 2.05) is 12.1 Å². The zero-order chi connectivity index (χ0) is 19.8. The number of anilines is 1. The SMILES string of the molecule is NC(=O)CCC1CCCN(CC(=O)Nc2ccc(CN3CCOCC3)cc2)C1. The third-order valence-corrected chi connectivity index (χ3v) is 5.52. The van der Waals surface area contributed by atoms with Gasteiger partial charge in [0, 0.05) is 38.3 Å². The standard InChI is InChI=1S/C21H32N4O3/c22-20(26)8-5-17-2-1-9-25(15-17)16-21(27)23-19-6-3-18(4-7-19)14-24-10-12-28-13-11-24/h3-4,6-7,17H,1-2,5,8-16H2,(H2,22,26)(H,23,27). The molecule has 1 aromatic rings. The van der Waals surface area contributed by atoms with E-state index >= 15 is 0 Å². The van der Waals surface area contributed by atoms with Crippen molar-refractivity contribution in [2.75, 3.05) is 51.3 Å². The van der Waals surface area contributed by atoms with Crippen LogP contribution in [0.15, 0.2) is 24.3 Å². The molecule has 1 aromatic carbocycles. The predicted octanol–water partition coefficient (Wildman–Crippen LogP) is 1.43. The number of morpholine rings is 1. The van der Waals surface area contributed by atoms with Crippen molar-refractivity contribution in [2.24, 2.45) is 11.7 Å². The second-order valence-electron chi connectivity index (χ2n) is 7.88. The summed E-state index contributed by atoms with van der Waals surface area (Å²) in [6.45, 7) is 6.63. The molecule has 2 heterocycles. The molecule has 2 aliphatic heterocycles. The first-order valence-corrected chi connectivity index (χ1v) is 10.3. The summed E-state index contributed by atoms with van der Waals surface area (Å²) < 4.78 is 5.38. The smallest absolute Gasteiger partial charge is 0.238 e. The van der Waals surface area contributed by atoms with Gasteiger partial charge in [0.2, 0.25) is 11.8 Å². The highest BCUT2D eigenvalue weighted by Crippen LogP contribution is 2.21. The van der Waals surface area contributed by atoms with Gasteiger partial charge in [0.1, 0.15) is 0 Å². The predicted molar refractivity (Wildman–Crippen MR) is 109 cm³/mol. The van der Waals surface area contributed by atoms with E-state index < -0.39 is 0 Å². The van der Waals surface area contributed by atoms with Gasteiger partial charge >= 0.3 is 0 Å². The van der Waals surface area contributed by atoms with E-state index in [0.29, 0.717) is 18.9 Å². The van der Waals surface area contributed by atoms with Gasteiger partial charge in [-0.2, -0.15) is 0 Å². The Morgan fingerprint density at radius 2 is 1.86 bits per heavy atom. The van der Waals surface area contributed by atoms with E-state index in [0.717, 1.165) is 70.9 Å². The minimum Gasteiger partial charge on any atom is -0.379 e. The van der Waals surface area contributed by atoms with Gasteiger partial charge in [0.15, 0.2) is 0 Å². The Hall–Kier alpha value is -1.96. The van der Waals surface area contributed by atoms with Crippen LogP contribution in [0.5, 0.6) is 0 Å². The van der Waals surface area contributed by atoms with Gasteiger partial charge in [-0.15, -0.1) is 0 Å². The topological polar surface area (TPSA) is 87.9 Å². The fourth-order valence-electron chi connectivity index (χ4n) is 3.99. The Kier molecular flexibility index (Phi) is 7.82. The normalized spacial score (nSPS) is 21.4. The summed E-state index contributed by atoms with van der Waals surface area (Å²) in [5.41, 5.74) is 7.32. The Bertz CT molecular complexity index is 644. The highest BCUT2D eigenvalue weighted by Gasteiger charge is 2.22. The van der Waals surface area contributed by atoms with Crippen molar-refractivity contribution in [3.8, 4) is 0 Å². The summed E-state index contributed by atoms with van der Waals surface area (Å²) in [7, 11) is 0. The average molecular weight is 389 g/mol. The second-order valence-corrected chi connectivity index (χ2v) is 7.88. The molecule has 154 valence electrons. The Balaban J connectivity index is 1.42.